The largest absolute Gasteiger partial charge is 0.306 e. The Labute approximate surface area is 113 Å². The van der Waals surface area contributed by atoms with Gasteiger partial charge >= 0.3 is 0 Å². The van der Waals surface area contributed by atoms with Gasteiger partial charge in [-0.25, -0.2) is 0 Å². The molecule has 2 unspecified atom stereocenters. The van der Waals surface area contributed by atoms with E-state index in [0.29, 0.717) is 12.5 Å². The van der Waals surface area contributed by atoms with Crippen LogP contribution in [0.5, 0.6) is 0 Å². The highest BCUT2D eigenvalue weighted by atomic mass is 32.2. The molecular weight excluding hydrogens is 246 g/mol. The highest BCUT2D eigenvalue weighted by Gasteiger charge is 2.21. The van der Waals surface area contributed by atoms with E-state index in [1.54, 1.807) is 0 Å². The van der Waals surface area contributed by atoms with E-state index in [4.69, 9.17) is 0 Å². The Morgan fingerprint density at radius 3 is 3.22 bits per heavy atom. The van der Waals surface area contributed by atoms with E-state index in [1.165, 1.54) is 0 Å². The SMILES string of the molecule is CCC(C)n1ccc(CC(=O)C2CSCCN2)n1. The number of aromatic nitrogens is 2. The first-order valence-corrected chi connectivity index (χ1v) is 7.74. The third-order valence-electron chi connectivity index (χ3n) is 3.37. The fraction of sp³-hybridized carbons (Fsp3) is 0.692. The summed E-state index contributed by atoms with van der Waals surface area (Å²) in [5.74, 6) is 2.26. The van der Waals surface area contributed by atoms with Crippen molar-refractivity contribution >= 4 is 17.5 Å². The normalized spacial score (nSPS) is 21.8. The molecular formula is C13H21N3OS. The van der Waals surface area contributed by atoms with Gasteiger partial charge in [0.25, 0.3) is 0 Å². The molecule has 0 bridgehead atoms. The Hall–Kier alpha value is -0.810. The Balaban J connectivity index is 1.92. The molecule has 0 aromatic carbocycles. The van der Waals surface area contributed by atoms with Gasteiger partial charge in [0.1, 0.15) is 0 Å². The fourth-order valence-electron chi connectivity index (χ4n) is 1.98. The zero-order valence-corrected chi connectivity index (χ0v) is 11.9. The Morgan fingerprint density at radius 2 is 2.56 bits per heavy atom. The number of thioether (sulfide) groups is 1. The minimum Gasteiger partial charge on any atom is -0.306 e. The summed E-state index contributed by atoms with van der Waals surface area (Å²) < 4.78 is 1.95. The van der Waals surface area contributed by atoms with Gasteiger partial charge in [0.05, 0.1) is 18.2 Å². The van der Waals surface area contributed by atoms with Crippen molar-refractivity contribution in [3.05, 3.63) is 18.0 Å². The maximum absolute atomic E-state index is 12.1. The molecule has 1 fully saturated rings. The van der Waals surface area contributed by atoms with Crippen LogP contribution < -0.4 is 5.32 Å². The van der Waals surface area contributed by atoms with Crippen LogP contribution in [0.2, 0.25) is 0 Å². The Bertz CT molecular complexity index is 399. The monoisotopic (exact) mass is 267 g/mol. The van der Waals surface area contributed by atoms with Gasteiger partial charge in [0.15, 0.2) is 5.78 Å². The molecule has 0 aliphatic carbocycles. The lowest BCUT2D eigenvalue weighted by molar-refractivity contribution is -0.120. The second-order valence-corrected chi connectivity index (χ2v) is 5.92. The van der Waals surface area contributed by atoms with E-state index in [0.717, 1.165) is 30.2 Å². The molecule has 1 aliphatic rings. The summed E-state index contributed by atoms with van der Waals surface area (Å²) in [6.07, 6.45) is 3.47. The smallest absolute Gasteiger partial charge is 0.156 e. The molecule has 1 N–H and O–H groups in total. The first kappa shape index (κ1) is 13.6. The average Bonchev–Trinajstić information content (AvgIpc) is 2.87. The third-order valence-corrected chi connectivity index (χ3v) is 4.43. The molecule has 0 radical (unpaired) electrons. The van der Waals surface area contributed by atoms with Crippen molar-refractivity contribution in [3.63, 3.8) is 0 Å². The number of nitrogens with one attached hydrogen (secondary N) is 1. The summed E-state index contributed by atoms with van der Waals surface area (Å²) in [6.45, 7) is 5.21. The molecule has 0 amide bonds. The minimum absolute atomic E-state index is 0.0116. The average molecular weight is 267 g/mol. The van der Waals surface area contributed by atoms with Crippen LogP contribution in [-0.2, 0) is 11.2 Å². The molecule has 1 aliphatic heterocycles. The number of Topliss-reactive ketones (excluding diaryl/α,β-unsaturated/α-hetero) is 1. The van der Waals surface area contributed by atoms with Crippen molar-refractivity contribution in [2.24, 2.45) is 0 Å². The van der Waals surface area contributed by atoms with Crippen molar-refractivity contribution in [2.45, 2.75) is 38.8 Å². The van der Waals surface area contributed by atoms with Gasteiger partial charge in [-0.1, -0.05) is 6.92 Å². The second kappa shape index (κ2) is 6.38. The molecule has 18 heavy (non-hydrogen) atoms. The molecule has 5 heteroatoms. The third kappa shape index (κ3) is 3.36. The van der Waals surface area contributed by atoms with Crippen LogP contribution in [0.25, 0.3) is 0 Å². The van der Waals surface area contributed by atoms with E-state index >= 15 is 0 Å². The van der Waals surface area contributed by atoms with Crippen molar-refractivity contribution in [3.8, 4) is 0 Å². The van der Waals surface area contributed by atoms with Gasteiger partial charge in [-0.15, -0.1) is 0 Å². The van der Waals surface area contributed by atoms with Crippen molar-refractivity contribution in [1.82, 2.24) is 15.1 Å². The fourth-order valence-corrected chi connectivity index (χ4v) is 2.95. The van der Waals surface area contributed by atoms with Crippen molar-refractivity contribution < 1.29 is 4.79 Å². The van der Waals surface area contributed by atoms with Gasteiger partial charge in [0, 0.05) is 30.3 Å². The maximum Gasteiger partial charge on any atom is 0.156 e. The van der Waals surface area contributed by atoms with Crippen LogP contribution >= 0.6 is 11.8 Å². The molecule has 100 valence electrons. The summed E-state index contributed by atoms with van der Waals surface area (Å²) in [7, 11) is 0. The summed E-state index contributed by atoms with van der Waals surface area (Å²) in [5, 5.41) is 7.75. The predicted molar refractivity (Wildman–Crippen MR) is 75.1 cm³/mol. The first-order valence-electron chi connectivity index (χ1n) is 6.58. The predicted octanol–water partition coefficient (Wildman–Crippen LogP) is 1.67. The standard InChI is InChI=1S/C13H21N3OS/c1-3-10(2)16-6-4-11(15-16)8-13(17)12-9-18-7-5-14-12/h4,6,10,12,14H,3,5,7-9H2,1-2H3. The summed E-state index contributed by atoms with van der Waals surface area (Å²) in [6, 6.07) is 2.37. The molecule has 4 nitrogen and oxygen atoms in total. The van der Waals surface area contributed by atoms with E-state index in [1.807, 2.05) is 28.7 Å². The molecule has 0 saturated carbocycles. The zero-order valence-electron chi connectivity index (χ0n) is 11.1. The lowest BCUT2D eigenvalue weighted by atomic mass is 10.1. The minimum atomic E-state index is 0.0116. The molecule has 2 atom stereocenters. The Kier molecular flexibility index (Phi) is 4.83. The highest BCUT2D eigenvalue weighted by molar-refractivity contribution is 7.99. The number of ketones is 1. The Morgan fingerprint density at radius 1 is 1.72 bits per heavy atom. The number of carbonyl (C=O) groups is 1. The van der Waals surface area contributed by atoms with Gasteiger partial charge in [-0.3, -0.25) is 9.48 Å². The summed E-state index contributed by atoms with van der Waals surface area (Å²) >= 11 is 1.85. The summed E-state index contributed by atoms with van der Waals surface area (Å²) in [5.41, 5.74) is 0.887. The van der Waals surface area contributed by atoms with Crippen LogP contribution in [0.4, 0.5) is 0 Å². The van der Waals surface area contributed by atoms with Crippen LogP contribution in [-0.4, -0.2) is 39.7 Å². The molecule has 1 saturated heterocycles. The molecule has 0 spiro atoms. The van der Waals surface area contributed by atoms with Crippen LogP contribution in [0, 0.1) is 0 Å². The van der Waals surface area contributed by atoms with Crippen LogP contribution in [0.15, 0.2) is 12.3 Å². The lowest BCUT2D eigenvalue weighted by Gasteiger charge is -2.21. The quantitative estimate of drug-likeness (QED) is 0.881. The van der Waals surface area contributed by atoms with E-state index in [-0.39, 0.29) is 11.8 Å². The molecule has 1 aromatic rings. The highest BCUT2D eigenvalue weighted by Crippen LogP contribution is 2.12. The zero-order chi connectivity index (χ0) is 13.0. The van der Waals surface area contributed by atoms with Crippen molar-refractivity contribution in [2.75, 3.05) is 18.1 Å². The second-order valence-electron chi connectivity index (χ2n) is 4.77. The number of nitrogens with zero attached hydrogens (tertiary/aromatic N) is 2. The van der Waals surface area contributed by atoms with Gasteiger partial charge in [0.2, 0.25) is 0 Å². The van der Waals surface area contributed by atoms with Gasteiger partial charge in [-0.2, -0.15) is 16.9 Å². The molecule has 1 aromatic heterocycles. The number of carbonyl (C=O) groups excluding carboxylic acids is 1. The van der Waals surface area contributed by atoms with Gasteiger partial charge in [-0.05, 0) is 19.4 Å². The van der Waals surface area contributed by atoms with Crippen molar-refractivity contribution in [1.29, 1.82) is 0 Å². The summed E-state index contributed by atoms with van der Waals surface area (Å²) in [4.78, 5) is 12.1. The van der Waals surface area contributed by atoms with Gasteiger partial charge < -0.3 is 5.32 Å². The topological polar surface area (TPSA) is 46.9 Å². The van der Waals surface area contributed by atoms with E-state index < -0.39 is 0 Å². The first-order chi connectivity index (χ1) is 8.70. The van der Waals surface area contributed by atoms with E-state index in [2.05, 4.69) is 24.3 Å². The lowest BCUT2D eigenvalue weighted by Crippen LogP contribution is -2.44. The van der Waals surface area contributed by atoms with E-state index in [9.17, 15) is 4.79 Å². The number of hydrogen-bond donors (Lipinski definition) is 1. The molecule has 2 heterocycles. The number of hydrogen-bond acceptors (Lipinski definition) is 4. The number of rotatable bonds is 5. The molecule has 2 rings (SSSR count). The van der Waals surface area contributed by atoms with Crippen LogP contribution in [0.3, 0.4) is 0 Å². The maximum atomic E-state index is 12.1. The van der Waals surface area contributed by atoms with Crippen LogP contribution in [0.1, 0.15) is 32.0 Å².